The minimum absolute atomic E-state index is 0.133. The maximum absolute atomic E-state index is 13.8. The molecule has 4 nitrogen and oxygen atoms in total. The van der Waals surface area contributed by atoms with E-state index in [0.717, 1.165) is 5.56 Å². The maximum atomic E-state index is 13.8. The fourth-order valence-electron chi connectivity index (χ4n) is 1.83. The number of hydrogen-bond acceptors (Lipinski definition) is 4. The van der Waals surface area contributed by atoms with Crippen molar-refractivity contribution in [3.05, 3.63) is 59.7 Å². The number of aromatic nitrogens is 1. The van der Waals surface area contributed by atoms with Crippen molar-refractivity contribution in [2.24, 2.45) is 0 Å². The van der Waals surface area contributed by atoms with Crippen LogP contribution in [-0.4, -0.2) is 18.1 Å². The number of pyridine rings is 1. The lowest BCUT2D eigenvalue weighted by molar-refractivity contribution is 0.0600. The molecule has 0 aliphatic carbocycles. The standard InChI is InChI=1S/C15H15FN2O2/c1-10(12-4-3-7-17-9-12)18-14-8-11(15(19)20-2)5-6-13(14)16/h3-10,18H,1-2H3. The van der Waals surface area contributed by atoms with Crippen molar-refractivity contribution < 1.29 is 13.9 Å². The van der Waals surface area contributed by atoms with Crippen molar-refractivity contribution in [1.29, 1.82) is 0 Å². The fraction of sp³-hybridized carbons (Fsp3) is 0.200. The van der Waals surface area contributed by atoms with Crippen LogP contribution in [0.15, 0.2) is 42.7 Å². The molecule has 0 radical (unpaired) electrons. The monoisotopic (exact) mass is 274 g/mol. The summed E-state index contributed by atoms with van der Waals surface area (Å²) in [4.78, 5) is 15.5. The van der Waals surface area contributed by atoms with E-state index in [1.54, 1.807) is 12.4 Å². The highest BCUT2D eigenvalue weighted by molar-refractivity contribution is 5.90. The Balaban J connectivity index is 2.22. The maximum Gasteiger partial charge on any atom is 0.337 e. The van der Waals surface area contributed by atoms with Gasteiger partial charge in [0, 0.05) is 12.4 Å². The molecule has 1 atom stereocenters. The van der Waals surface area contributed by atoms with Crippen LogP contribution in [-0.2, 0) is 4.74 Å². The van der Waals surface area contributed by atoms with Crippen LogP contribution in [0.2, 0.25) is 0 Å². The van der Waals surface area contributed by atoms with Gasteiger partial charge in [-0.1, -0.05) is 6.07 Å². The second-order valence-corrected chi connectivity index (χ2v) is 4.34. The van der Waals surface area contributed by atoms with E-state index in [9.17, 15) is 9.18 Å². The van der Waals surface area contributed by atoms with E-state index in [1.807, 2.05) is 19.1 Å². The summed E-state index contributed by atoms with van der Waals surface area (Å²) in [6.45, 7) is 1.89. The summed E-state index contributed by atoms with van der Waals surface area (Å²) >= 11 is 0. The molecular weight excluding hydrogens is 259 g/mol. The van der Waals surface area contributed by atoms with Crippen LogP contribution >= 0.6 is 0 Å². The Morgan fingerprint density at radius 1 is 1.40 bits per heavy atom. The molecule has 2 aromatic rings. The second-order valence-electron chi connectivity index (χ2n) is 4.34. The molecular formula is C15H15FN2O2. The predicted molar refractivity (Wildman–Crippen MR) is 74.0 cm³/mol. The van der Waals surface area contributed by atoms with Crippen molar-refractivity contribution in [3.8, 4) is 0 Å². The van der Waals surface area contributed by atoms with Crippen molar-refractivity contribution in [3.63, 3.8) is 0 Å². The molecule has 0 amide bonds. The third kappa shape index (κ3) is 3.12. The van der Waals surface area contributed by atoms with Gasteiger partial charge >= 0.3 is 5.97 Å². The van der Waals surface area contributed by atoms with Gasteiger partial charge in [0.2, 0.25) is 0 Å². The van der Waals surface area contributed by atoms with E-state index in [0.29, 0.717) is 5.56 Å². The van der Waals surface area contributed by atoms with E-state index in [4.69, 9.17) is 0 Å². The van der Waals surface area contributed by atoms with Crippen molar-refractivity contribution in [1.82, 2.24) is 4.98 Å². The number of nitrogens with one attached hydrogen (secondary N) is 1. The Morgan fingerprint density at radius 3 is 2.85 bits per heavy atom. The van der Waals surface area contributed by atoms with Crippen molar-refractivity contribution >= 4 is 11.7 Å². The zero-order chi connectivity index (χ0) is 14.5. The summed E-state index contributed by atoms with van der Waals surface area (Å²) in [6, 6.07) is 7.65. The summed E-state index contributed by atoms with van der Waals surface area (Å²) in [7, 11) is 1.29. The van der Waals surface area contributed by atoms with Gasteiger partial charge < -0.3 is 10.1 Å². The molecule has 1 unspecified atom stereocenters. The first-order valence-corrected chi connectivity index (χ1v) is 6.16. The summed E-state index contributed by atoms with van der Waals surface area (Å²) in [5.41, 5.74) is 1.48. The number of esters is 1. The molecule has 2 rings (SSSR count). The highest BCUT2D eigenvalue weighted by Gasteiger charge is 2.12. The number of ether oxygens (including phenoxy) is 1. The van der Waals surface area contributed by atoms with Crippen LogP contribution in [0.5, 0.6) is 0 Å². The molecule has 0 aliphatic heterocycles. The molecule has 1 aromatic heterocycles. The number of rotatable bonds is 4. The number of carbonyl (C=O) groups excluding carboxylic acids is 1. The van der Waals surface area contributed by atoms with Gasteiger partial charge in [-0.05, 0) is 36.8 Å². The molecule has 0 fully saturated rings. The van der Waals surface area contributed by atoms with Gasteiger partial charge in [-0.2, -0.15) is 0 Å². The van der Waals surface area contributed by atoms with Gasteiger partial charge in [-0.15, -0.1) is 0 Å². The average Bonchev–Trinajstić information content (AvgIpc) is 2.49. The highest BCUT2D eigenvalue weighted by atomic mass is 19.1. The third-order valence-electron chi connectivity index (χ3n) is 2.94. The molecule has 0 spiro atoms. The predicted octanol–water partition coefficient (Wildman–Crippen LogP) is 3.18. The minimum atomic E-state index is -0.498. The molecule has 20 heavy (non-hydrogen) atoms. The topological polar surface area (TPSA) is 51.2 Å². The van der Waals surface area contributed by atoms with Crippen molar-refractivity contribution in [2.75, 3.05) is 12.4 Å². The van der Waals surface area contributed by atoms with Gasteiger partial charge in [-0.3, -0.25) is 4.98 Å². The van der Waals surface area contributed by atoms with Gasteiger partial charge in [-0.25, -0.2) is 9.18 Å². The lowest BCUT2D eigenvalue weighted by Gasteiger charge is -2.16. The first kappa shape index (κ1) is 14.0. The van der Waals surface area contributed by atoms with Crippen LogP contribution in [0.4, 0.5) is 10.1 Å². The van der Waals surface area contributed by atoms with E-state index < -0.39 is 11.8 Å². The van der Waals surface area contributed by atoms with E-state index in [-0.39, 0.29) is 11.7 Å². The molecule has 0 saturated heterocycles. The van der Waals surface area contributed by atoms with E-state index in [1.165, 1.54) is 25.3 Å². The zero-order valence-electron chi connectivity index (χ0n) is 11.3. The second kappa shape index (κ2) is 6.14. The summed E-state index contributed by atoms with van der Waals surface area (Å²) in [5.74, 6) is -0.921. The summed E-state index contributed by atoms with van der Waals surface area (Å²) < 4.78 is 18.4. The summed E-state index contributed by atoms with van der Waals surface area (Å²) in [6.07, 6.45) is 3.38. The van der Waals surface area contributed by atoms with Gasteiger partial charge in [0.15, 0.2) is 0 Å². The van der Waals surface area contributed by atoms with Crippen LogP contribution in [0.1, 0.15) is 28.9 Å². The zero-order valence-corrected chi connectivity index (χ0v) is 11.3. The first-order valence-electron chi connectivity index (χ1n) is 6.16. The molecule has 1 N–H and O–H groups in total. The normalized spacial score (nSPS) is 11.8. The third-order valence-corrected chi connectivity index (χ3v) is 2.94. The Bertz CT molecular complexity index is 602. The van der Waals surface area contributed by atoms with Crippen LogP contribution in [0.25, 0.3) is 0 Å². The van der Waals surface area contributed by atoms with Crippen LogP contribution in [0.3, 0.4) is 0 Å². The number of methoxy groups -OCH3 is 1. The Hall–Kier alpha value is -2.43. The minimum Gasteiger partial charge on any atom is -0.465 e. The number of halogens is 1. The fourth-order valence-corrected chi connectivity index (χ4v) is 1.83. The SMILES string of the molecule is COC(=O)c1ccc(F)c(NC(C)c2cccnc2)c1. The average molecular weight is 274 g/mol. The van der Waals surface area contributed by atoms with E-state index in [2.05, 4.69) is 15.0 Å². The Morgan fingerprint density at radius 2 is 2.20 bits per heavy atom. The summed E-state index contributed by atoms with van der Waals surface area (Å²) in [5, 5.41) is 3.02. The molecule has 5 heteroatoms. The van der Waals surface area contributed by atoms with Crippen LogP contribution in [0, 0.1) is 5.82 Å². The lowest BCUT2D eigenvalue weighted by Crippen LogP contribution is -2.10. The van der Waals surface area contributed by atoms with Gasteiger partial charge in [0.25, 0.3) is 0 Å². The lowest BCUT2D eigenvalue weighted by atomic mass is 10.1. The molecule has 104 valence electrons. The van der Waals surface area contributed by atoms with Gasteiger partial charge in [0.1, 0.15) is 5.82 Å². The molecule has 0 saturated carbocycles. The molecule has 1 aromatic carbocycles. The first-order chi connectivity index (χ1) is 9.61. The van der Waals surface area contributed by atoms with Crippen molar-refractivity contribution in [2.45, 2.75) is 13.0 Å². The van der Waals surface area contributed by atoms with E-state index >= 15 is 0 Å². The number of nitrogens with zero attached hydrogens (tertiary/aromatic N) is 1. The largest absolute Gasteiger partial charge is 0.465 e. The number of anilines is 1. The smallest absolute Gasteiger partial charge is 0.337 e. The molecule has 0 bridgehead atoms. The van der Waals surface area contributed by atoms with Gasteiger partial charge in [0.05, 0.1) is 24.4 Å². The van der Waals surface area contributed by atoms with Crippen LogP contribution < -0.4 is 5.32 Å². The molecule has 0 aliphatic rings. The highest BCUT2D eigenvalue weighted by Crippen LogP contribution is 2.22. The number of benzene rings is 1. The Labute approximate surface area is 116 Å². The molecule has 1 heterocycles. The number of hydrogen-bond donors (Lipinski definition) is 1. The Kier molecular flexibility index (Phi) is 4.30. The quantitative estimate of drug-likeness (QED) is 0.870. The number of carbonyl (C=O) groups is 1.